The molecule has 0 atom stereocenters. The first-order valence-electron chi connectivity index (χ1n) is 6.58. The number of H-pyrrole nitrogens is 1. The molecule has 1 aromatic heterocycles. The van der Waals surface area contributed by atoms with Crippen LogP contribution in [0, 0.1) is 5.82 Å². The van der Waals surface area contributed by atoms with Gasteiger partial charge in [0.2, 0.25) is 0 Å². The second kappa shape index (κ2) is 6.67. The molecule has 0 fully saturated rings. The number of aromatic amines is 1. The number of ketones is 1. The number of nitrogens with zero attached hydrogens (tertiary/aromatic N) is 1. The lowest BCUT2D eigenvalue weighted by Gasteiger charge is -2.07. The van der Waals surface area contributed by atoms with Crippen LogP contribution in [0.15, 0.2) is 39.1 Å². The van der Waals surface area contributed by atoms with Crippen LogP contribution in [0.1, 0.15) is 36.3 Å². The minimum absolute atomic E-state index is 0.0195. The van der Waals surface area contributed by atoms with Gasteiger partial charge in [-0.05, 0) is 25.5 Å². The second-order valence-electron chi connectivity index (χ2n) is 4.56. The molecule has 1 N–H and O–H groups in total. The van der Waals surface area contributed by atoms with Crippen molar-refractivity contribution in [2.45, 2.75) is 36.7 Å². The Hall–Kier alpha value is -1.95. The van der Waals surface area contributed by atoms with Crippen molar-refractivity contribution < 1.29 is 9.18 Å². The zero-order chi connectivity index (χ0) is 15.4. The predicted octanol–water partition coefficient (Wildman–Crippen LogP) is 3.22. The maximum atomic E-state index is 13.8. The fourth-order valence-corrected chi connectivity index (χ4v) is 2.96. The number of nitrogens with one attached hydrogen (secondary N) is 1. The van der Waals surface area contributed by atoms with E-state index in [9.17, 15) is 14.0 Å². The van der Waals surface area contributed by atoms with Crippen molar-refractivity contribution in [2.24, 2.45) is 0 Å². The Balaban J connectivity index is 2.41. The van der Waals surface area contributed by atoms with Crippen molar-refractivity contribution in [1.29, 1.82) is 0 Å². The molecule has 1 heterocycles. The van der Waals surface area contributed by atoms with Crippen LogP contribution in [0.25, 0.3) is 0 Å². The maximum absolute atomic E-state index is 13.8. The molecule has 0 aliphatic rings. The molecule has 0 amide bonds. The molecule has 0 unspecified atom stereocenters. The van der Waals surface area contributed by atoms with E-state index in [1.807, 2.05) is 6.92 Å². The lowest BCUT2D eigenvalue weighted by Crippen LogP contribution is -2.10. The van der Waals surface area contributed by atoms with Gasteiger partial charge in [-0.2, -0.15) is 0 Å². The van der Waals surface area contributed by atoms with Crippen LogP contribution < -0.4 is 5.56 Å². The number of hydrogen-bond acceptors (Lipinski definition) is 4. The predicted molar refractivity (Wildman–Crippen MR) is 79.4 cm³/mol. The molecule has 0 saturated carbocycles. The third-order valence-electron chi connectivity index (χ3n) is 2.81. The lowest BCUT2D eigenvalue weighted by atomic mass is 10.1. The molecule has 0 aliphatic heterocycles. The van der Waals surface area contributed by atoms with Gasteiger partial charge in [0.25, 0.3) is 5.56 Å². The molecule has 110 valence electrons. The van der Waals surface area contributed by atoms with Crippen LogP contribution in [-0.4, -0.2) is 15.8 Å². The van der Waals surface area contributed by atoms with Crippen LogP contribution >= 0.6 is 11.8 Å². The van der Waals surface area contributed by atoms with Gasteiger partial charge in [-0.3, -0.25) is 9.59 Å². The van der Waals surface area contributed by atoms with Crippen LogP contribution in [0.3, 0.4) is 0 Å². The molecule has 0 aliphatic carbocycles. The summed E-state index contributed by atoms with van der Waals surface area (Å²) in [7, 11) is 0. The van der Waals surface area contributed by atoms with E-state index in [-0.39, 0.29) is 16.9 Å². The molecule has 2 rings (SSSR count). The largest absolute Gasteiger partial charge is 0.301 e. The number of rotatable bonds is 5. The Labute approximate surface area is 125 Å². The highest BCUT2D eigenvalue weighted by Crippen LogP contribution is 2.29. The van der Waals surface area contributed by atoms with Crippen LogP contribution in [-0.2, 0) is 6.42 Å². The summed E-state index contributed by atoms with van der Waals surface area (Å²) in [5.41, 5.74) is 0.451. The number of carbonyl (C=O) groups excluding carboxylic acids is 1. The van der Waals surface area contributed by atoms with Crippen molar-refractivity contribution in [3.8, 4) is 0 Å². The molecule has 0 saturated heterocycles. The zero-order valence-corrected chi connectivity index (χ0v) is 12.6. The molecular weight excluding hydrogens is 291 g/mol. The first-order chi connectivity index (χ1) is 10.0. The maximum Gasteiger partial charge on any atom is 0.251 e. The molecule has 1 aromatic carbocycles. The van der Waals surface area contributed by atoms with Crippen LogP contribution in [0.2, 0.25) is 0 Å². The Morgan fingerprint density at radius 2 is 2.19 bits per heavy atom. The Morgan fingerprint density at radius 3 is 2.86 bits per heavy atom. The number of benzene rings is 1. The SMILES string of the molecule is CCCc1cc(=O)[nH]c(Sc2cccc(F)c2C(C)=O)n1. The first-order valence-corrected chi connectivity index (χ1v) is 7.40. The number of aromatic nitrogens is 2. The van der Waals surface area contributed by atoms with Gasteiger partial charge >= 0.3 is 0 Å². The molecule has 2 aromatic rings. The summed E-state index contributed by atoms with van der Waals surface area (Å²) in [6.45, 7) is 3.31. The average Bonchev–Trinajstić information content (AvgIpc) is 2.37. The molecule has 6 heteroatoms. The molecule has 0 bridgehead atoms. The molecule has 4 nitrogen and oxygen atoms in total. The highest BCUT2D eigenvalue weighted by molar-refractivity contribution is 7.99. The summed E-state index contributed by atoms with van der Waals surface area (Å²) in [4.78, 5) is 30.5. The van der Waals surface area contributed by atoms with Gasteiger partial charge in [0, 0.05) is 16.7 Å². The Bertz CT molecular complexity index is 728. The minimum Gasteiger partial charge on any atom is -0.301 e. The zero-order valence-electron chi connectivity index (χ0n) is 11.8. The van der Waals surface area contributed by atoms with Crippen molar-refractivity contribution in [3.05, 3.63) is 51.7 Å². The third kappa shape index (κ3) is 3.78. The minimum atomic E-state index is -0.570. The van der Waals surface area contributed by atoms with Crippen molar-refractivity contribution in [3.63, 3.8) is 0 Å². The normalized spacial score (nSPS) is 10.6. The molecular formula is C15H15FN2O2S. The molecule has 0 radical (unpaired) electrons. The summed E-state index contributed by atoms with van der Waals surface area (Å²) in [6, 6.07) is 5.85. The summed E-state index contributed by atoms with van der Waals surface area (Å²) in [5, 5.41) is 0.360. The summed E-state index contributed by atoms with van der Waals surface area (Å²) < 4.78 is 13.8. The summed E-state index contributed by atoms with van der Waals surface area (Å²) in [5.74, 6) is -0.929. The first kappa shape index (κ1) is 15.4. The van der Waals surface area contributed by atoms with Crippen molar-refractivity contribution in [1.82, 2.24) is 9.97 Å². The highest BCUT2D eigenvalue weighted by atomic mass is 32.2. The number of halogens is 1. The topological polar surface area (TPSA) is 62.8 Å². The Kier molecular flexibility index (Phi) is 4.90. The average molecular weight is 306 g/mol. The van der Waals surface area contributed by atoms with Crippen molar-refractivity contribution in [2.75, 3.05) is 0 Å². The standard InChI is InChI=1S/C15H15FN2O2S/c1-3-5-10-8-13(20)18-15(17-10)21-12-7-4-6-11(16)14(12)9(2)19/h4,6-8H,3,5H2,1-2H3,(H,17,18,20). The van der Waals surface area contributed by atoms with Crippen LogP contribution in [0.4, 0.5) is 4.39 Å². The fourth-order valence-electron chi connectivity index (χ4n) is 1.95. The van der Waals surface area contributed by atoms with Gasteiger partial charge in [-0.1, -0.05) is 31.2 Å². The number of Topliss-reactive ketones (excluding diaryl/α,β-unsaturated/α-hetero) is 1. The van der Waals surface area contributed by atoms with E-state index in [0.29, 0.717) is 22.2 Å². The highest BCUT2D eigenvalue weighted by Gasteiger charge is 2.15. The monoisotopic (exact) mass is 306 g/mol. The number of hydrogen-bond donors (Lipinski definition) is 1. The van der Waals surface area contributed by atoms with E-state index in [1.165, 1.54) is 25.1 Å². The van der Waals surface area contributed by atoms with Gasteiger partial charge in [-0.25, -0.2) is 9.37 Å². The van der Waals surface area contributed by atoms with Crippen molar-refractivity contribution >= 4 is 17.5 Å². The quantitative estimate of drug-likeness (QED) is 0.680. The molecule has 21 heavy (non-hydrogen) atoms. The number of carbonyl (C=O) groups is 1. The lowest BCUT2D eigenvalue weighted by molar-refractivity contribution is 0.101. The second-order valence-corrected chi connectivity index (χ2v) is 5.59. The van der Waals surface area contributed by atoms with E-state index < -0.39 is 5.82 Å². The van der Waals surface area contributed by atoms with Gasteiger partial charge < -0.3 is 4.98 Å². The van der Waals surface area contributed by atoms with Gasteiger partial charge in [0.15, 0.2) is 10.9 Å². The van der Waals surface area contributed by atoms with Gasteiger partial charge in [0.05, 0.1) is 5.56 Å². The Morgan fingerprint density at radius 1 is 1.43 bits per heavy atom. The van der Waals surface area contributed by atoms with E-state index in [0.717, 1.165) is 18.2 Å². The number of aryl methyl sites for hydroxylation is 1. The molecule has 0 spiro atoms. The van der Waals surface area contributed by atoms with E-state index in [2.05, 4.69) is 9.97 Å². The third-order valence-corrected chi connectivity index (χ3v) is 3.76. The van der Waals surface area contributed by atoms with Crippen LogP contribution in [0.5, 0.6) is 0 Å². The smallest absolute Gasteiger partial charge is 0.251 e. The fraction of sp³-hybridized carbons (Fsp3) is 0.267. The van der Waals surface area contributed by atoms with E-state index >= 15 is 0 Å². The summed E-state index contributed by atoms with van der Waals surface area (Å²) in [6.07, 6.45) is 1.57. The van der Waals surface area contributed by atoms with E-state index in [4.69, 9.17) is 0 Å². The van der Waals surface area contributed by atoms with E-state index in [1.54, 1.807) is 6.07 Å². The van der Waals surface area contributed by atoms with Gasteiger partial charge in [0.1, 0.15) is 5.82 Å². The van der Waals surface area contributed by atoms with Gasteiger partial charge in [-0.15, -0.1) is 0 Å². The summed E-state index contributed by atoms with van der Waals surface area (Å²) >= 11 is 1.08.